The van der Waals surface area contributed by atoms with Gasteiger partial charge in [0.05, 0.1) is 5.69 Å². The Balaban J connectivity index is 2.28. The fourth-order valence-corrected chi connectivity index (χ4v) is 1.23. The monoisotopic (exact) mass is 181 g/mol. The Morgan fingerprint density at radius 1 is 1.33 bits per heavy atom. The van der Waals surface area contributed by atoms with E-state index in [2.05, 4.69) is 6.40 Å². The second-order valence-electron chi connectivity index (χ2n) is 2.57. The summed E-state index contributed by atoms with van der Waals surface area (Å²) in [5.74, 6) is 0. The van der Waals surface area contributed by atoms with E-state index in [-0.39, 0.29) is 0 Å². The van der Waals surface area contributed by atoms with Crippen molar-refractivity contribution in [2.24, 2.45) is 0 Å². The van der Waals surface area contributed by atoms with Crippen molar-refractivity contribution in [3.63, 3.8) is 0 Å². The highest BCUT2D eigenvalue weighted by Gasteiger charge is 2.05. The molecule has 0 radical (unpaired) electrons. The zero-order chi connectivity index (χ0) is 8.39. The molecule has 0 unspecified atom stereocenters. The van der Waals surface area contributed by atoms with Gasteiger partial charge < -0.3 is 9.31 Å². The molecule has 1 aliphatic heterocycles. The third-order valence-electron chi connectivity index (χ3n) is 1.73. The molecule has 0 saturated carbocycles. The lowest BCUT2D eigenvalue weighted by atomic mass is 10.3. The Labute approximate surface area is 76.0 Å². The maximum atomic E-state index is 5.75. The van der Waals surface area contributed by atoms with Gasteiger partial charge in [0.15, 0.2) is 6.54 Å². The van der Waals surface area contributed by atoms with Crippen molar-refractivity contribution < 1.29 is 9.31 Å². The summed E-state index contributed by atoms with van der Waals surface area (Å²) in [6, 6.07) is 7.61. The number of ether oxygens (including phenoxy) is 1. The van der Waals surface area contributed by atoms with Crippen LogP contribution < -0.4 is 0 Å². The summed E-state index contributed by atoms with van der Waals surface area (Å²) < 4.78 is 6.91. The zero-order valence-electron chi connectivity index (χ0n) is 6.46. The minimum Gasteiger partial charge on any atom is -0.530 e. The third-order valence-corrected chi connectivity index (χ3v) is 1.98. The van der Waals surface area contributed by atoms with Gasteiger partial charge in [-0.15, -0.1) is 0 Å². The second-order valence-corrected chi connectivity index (χ2v) is 3.00. The van der Waals surface area contributed by atoms with Crippen LogP contribution in [-0.2, 0) is 4.74 Å². The molecule has 12 heavy (non-hydrogen) atoms. The number of nitrogens with zero attached hydrogens (tertiary/aromatic N) is 1. The molecule has 0 aromatic heterocycles. The van der Waals surface area contributed by atoms with Crippen molar-refractivity contribution in [3.05, 3.63) is 29.3 Å². The van der Waals surface area contributed by atoms with Crippen LogP contribution in [-0.4, -0.2) is 24.1 Å². The van der Waals surface area contributed by atoms with Gasteiger partial charge in [-0.1, -0.05) is 35.9 Å². The Bertz CT molecular complexity index is 305. The van der Waals surface area contributed by atoms with E-state index in [4.69, 9.17) is 16.3 Å². The van der Waals surface area contributed by atoms with Gasteiger partial charge in [0.25, 0.3) is 0 Å². The van der Waals surface area contributed by atoms with Gasteiger partial charge in [0.1, 0.15) is 6.61 Å². The molecule has 2 nitrogen and oxygen atoms in total. The van der Waals surface area contributed by atoms with Crippen molar-refractivity contribution in [1.29, 1.82) is 0 Å². The topological polar surface area (TPSA) is 12.2 Å². The number of hydrogen-bond acceptors (Lipinski definition) is 1. The first-order valence-corrected chi connectivity index (χ1v) is 4.14. The minimum absolute atomic E-state index is 0.711. The van der Waals surface area contributed by atoms with Crippen LogP contribution >= 0.6 is 11.6 Å². The van der Waals surface area contributed by atoms with Crippen LogP contribution in [0.2, 0.25) is 5.02 Å². The van der Waals surface area contributed by atoms with Gasteiger partial charge in [-0.05, 0) is 0 Å². The predicted molar refractivity (Wildman–Crippen MR) is 47.2 cm³/mol. The normalized spacial score (nSPS) is 15.6. The maximum absolute atomic E-state index is 5.75. The summed E-state index contributed by atoms with van der Waals surface area (Å²) in [6.07, 6.45) is 2.78. The highest BCUT2D eigenvalue weighted by Crippen LogP contribution is 2.16. The van der Waals surface area contributed by atoms with Crippen molar-refractivity contribution in [1.82, 2.24) is 0 Å². The first kappa shape index (κ1) is 7.62. The summed E-state index contributed by atoms with van der Waals surface area (Å²) in [6.45, 7) is 1.57. The molecule has 1 aliphatic rings. The summed E-state index contributed by atoms with van der Waals surface area (Å²) >= 11 is 5.75. The molecule has 0 saturated heterocycles. The number of hydrogen-bond donors (Lipinski definition) is 0. The number of halogens is 1. The molecule has 2 rings (SSSR count). The molecule has 62 valence electrons. The predicted octanol–water partition coefficient (Wildman–Crippen LogP) is 1.92. The zero-order valence-corrected chi connectivity index (χ0v) is 7.21. The lowest BCUT2D eigenvalue weighted by Gasteiger charge is -2.03. The average molecular weight is 182 g/mol. The van der Waals surface area contributed by atoms with E-state index in [0.29, 0.717) is 6.61 Å². The number of rotatable bonds is 1. The molecular formula is C9H8ClNO. The lowest BCUT2D eigenvalue weighted by molar-refractivity contribution is -0.424. The molecule has 0 N–H and O–H groups in total. The van der Waals surface area contributed by atoms with Crippen LogP contribution in [0.15, 0.2) is 24.3 Å². The Morgan fingerprint density at radius 2 is 2.08 bits per heavy atom. The van der Waals surface area contributed by atoms with Crippen LogP contribution in [0.5, 0.6) is 0 Å². The van der Waals surface area contributed by atoms with Gasteiger partial charge in [-0.25, -0.2) is 0 Å². The highest BCUT2D eigenvalue weighted by atomic mass is 35.5. The van der Waals surface area contributed by atoms with E-state index >= 15 is 0 Å². The van der Waals surface area contributed by atoms with Gasteiger partial charge in [0.2, 0.25) is 6.40 Å². The van der Waals surface area contributed by atoms with Crippen LogP contribution in [0.1, 0.15) is 0 Å². The summed E-state index contributed by atoms with van der Waals surface area (Å²) in [4.78, 5) is 0. The van der Waals surface area contributed by atoms with Gasteiger partial charge in [-0.3, -0.25) is 0 Å². The maximum Gasteiger partial charge on any atom is 0.240 e. The van der Waals surface area contributed by atoms with Crippen LogP contribution in [0.25, 0.3) is 0 Å². The minimum atomic E-state index is 0.711. The van der Waals surface area contributed by atoms with Crippen molar-refractivity contribution in [2.45, 2.75) is 0 Å². The van der Waals surface area contributed by atoms with E-state index < -0.39 is 0 Å². The molecule has 0 bridgehead atoms. The summed E-state index contributed by atoms with van der Waals surface area (Å²) in [7, 11) is 0. The third kappa shape index (κ3) is 1.43. The van der Waals surface area contributed by atoms with Crippen molar-refractivity contribution >= 4 is 23.7 Å². The molecule has 3 heteroatoms. The molecule has 0 spiro atoms. The highest BCUT2D eigenvalue weighted by molar-refractivity contribution is 6.30. The average Bonchev–Trinajstić information content (AvgIpc) is 2.58. The van der Waals surface area contributed by atoms with Crippen LogP contribution in [0.3, 0.4) is 0 Å². The van der Waals surface area contributed by atoms with Gasteiger partial charge in [-0.2, -0.15) is 0 Å². The Morgan fingerprint density at radius 3 is 2.67 bits per heavy atom. The Hall–Kier alpha value is -1.02. The molecular weight excluding hydrogens is 174 g/mol. The summed E-state index contributed by atoms with van der Waals surface area (Å²) in [5, 5.41) is 0.749. The molecule has 1 aromatic rings. The molecule has 0 atom stereocenters. The van der Waals surface area contributed by atoms with Crippen molar-refractivity contribution in [3.8, 4) is 0 Å². The molecule has 0 amide bonds. The molecule has 0 aliphatic carbocycles. The fourth-order valence-electron chi connectivity index (χ4n) is 1.11. The summed E-state index contributed by atoms with van der Waals surface area (Å²) in [5.41, 5.74) is 1.07. The van der Waals surface area contributed by atoms with Crippen molar-refractivity contribution in [2.75, 3.05) is 13.2 Å². The van der Waals surface area contributed by atoms with Crippen LogP contribution in [0, 0.1) is 0 Å². The Kier molecular flexibility index (Phi) is 2.00. The van der Waals surface area contributed by atoms with Gasteiger partial charge >= 0.3 is 0 Å². The molecule has 1 aromatic carbocycles. The van der Waals surface area contributed by atoms with E-state index in [1.807, 2.05) is 28.8 Å². The van der Waals surface area contributed by atoms with Gasteiger partial charge in [0, 0.05) is 5.02 Å². The van der Waals surface area contributed by atoms with E-state index in [1.54, 1.807) is 0 Å². The molecule has 1 heterocycles. The first-order valence-electron chi connectivity index (χ1n) is 3.77. The van der Waals surface area contributed by atoms with E-state index in [1.165, 1.54) is 0 Å². The first-order chi connectivity index (χ1) is 5.86. The SMILES string of the molecule is Clc1ccc([N+]2=[C-]OCC2)cc1. The van der Waals surface area contributed by atoms with E-state index in [9.17, 15) is 0 Å². The lowest BCUT2D eigenvalue weighted by Crippen LogP contribution is -2.01. The van der Waals surface area contributed by atoms with Crippen LogP contribution in [0.4, 0.5) is 5.69 Å². The largest absolute Gasteiger partial charge is 0.530 e. The van der Waals surface area contributed by atoms with E-state index in [0.717, 1.165) is 17.3 Å². The molecule has 0 fully saturated rings. The smallest absolute Gasteiger partial charge is 0.240 e. The standard InChI is InChI=1S/C9H8ClNO/c10-8-1-3-9(4-2-8)11-5-6-12-7-11/h1-4H,5-6H2. The fraction of sp³-hybridized carbons (Fsp3) is 0.222. The number of benzene rings is 1. The quantitative estimate of drug-likeness (QED) is 0.476. The second kappa shape index (κ2) is 3.15.